The second-order valence-electron chi connectivity index (χ2n) is 5.68. The molecule has 0 spiro atoms. The highest BCUT2D eigenvalue weighted by Crippen LogP contribution is 2.32. The Bertz CT molecular complexity index is 598. The van der Waals surface area contributed by atoms with Crippen LogP contribution in [0.15, 0.2) is 36.9 Å². The van der Waals surface area contributed by atoms with Gasteiger partial charge in [0.15, 0.2) is 0 Å². The van der Waals surface area contributed by atoms with Gasteiger partial charge in [0.05, 0.1) is 16.4 Å². The first-order valence-electron chi connectivity index (χ1n) is 7.33. The summed E-state index contributed by atoms with van der Waals surface area (Å²) in [4.78, 5) is 4.16. The third kappa shape index (κ3) is 3.25. The fraction of sp³-hybridized carbons (Fsp3) is 0.438. The lowest BCUT2D eigenvalue weighted by Gasteiger charge is -2.26. The van der Waals surface area contributed by atoms with E-state index < -0.39 is 0 Å². The molecule has 0 bridgehead atoms. The fourth-order valence-corrected chi connectivity index (χ4v) is 3.46. The number of hydrogen-bond donors (Lipinski definition) is 1. The number of aromatic nitrogens is 2. The van der Waals surface area contributed by atoms with Crippen LogP contribution in [0.4, 0.5) is 0 Å². The Morgan fingerprint density at radius 2 is 2.14 bits per heavy atom. The van der Waals surface area contributed by atoms with Crippen LogP contribution in [0.5, 0.6) is 0 Å². The zero-order chi connectivity index (χ0) is 14.8. The number of nitrogens with one attached hydrogen (secondary N) is 1. The van der Waals surface area contributed by atoms with Crippen LogP contribution in [0, 0.1) is 0 Å². The summed E-state index contributed by atoms with van der Waals surface area (Å²) in [6.45, 7) is 2.17. The van der Waals surface area contributed by atoms with E-state index in [-0.39, 0.29) is 6.04 Å². The smallest absolute Gasteiger partial charge is 0.0949 e. The van der Waals surface area contributed by atoms with Gasteiger partial charge in [0, 0.05) is 30.5 Å². The van der Waals surface area contributed by atoms with Crippen molar-refractivity contribution in [2.24, 2.45) is 0 Å². The lowest BCUT2D eigenvalue weighted by molar-refractivity contribution is 0.362. The molecule has 1 aromatic heterocycles. The molecular formula is C16H19Cl2N3. The van der Waals surface area contributed by atoms with Crippen molar-refractivity contribution >= 4 is 23.2 Å². The van der Waals surface area contributed by atoms with Crippen molar-refractivity contribution in [2.45, 2.75) is 44.3 Å². The molecule has 1 N–H and O–H groups in total. The first kappa shape index (κ1) is 14.9. The van der Waals surface area contributed by atoms with Crippen molar-refractivity contribution in [3.63, 3.8) is 0 Å². The van der Waals surface area contributed by atoms with Crippen LogP contribution in [0.1, 0.15) is 43.8 Å². The zero-order valence-corrected chi connectivity index (χ0v) is 13.5. The zero-order valence-electron chi connectivity index (χ0n) is 12.0. The minimum absolute atomic E-state index is 0.244. The maximum atomic E-state index is 6.11. The molecule has 3 unspecified atom stereocenters. The standard InChI is InChI=1S/C16H19Cl2N3/c1-11(12-5-6-13(17)14(18)9-12)20-15-3-2-4-16(15)21-8-7-19-10-21/h5-11,15-16,20H,2-4H2,1H3. The third-order valence-electron chi connectivity index (χ3n) is 4.30. The van der Waals surface area contributed by atoms with Crippen molar-refractivity contribution < 1.29 is 0 Å². The lowest BCUT2D eigenvalue weighted by atomic mass is 10.1. The van der Waals surface area contributed by atoms with E-state index in [2.05, 4.69) is 28.0 Å². The Kier molecular flexibility index (Phi) is 4.53. The van der Waals surface area contributed by atoms with Gasteiger partial charge in [0.2, 0.25) is 0 Å². The van der Waals surface area contributed by atoms with Crippen LogP contribution >= 0.6 is 23.2 Å². The Labute approximate surface area is 135 Å². The van der Waals surface area contributed by atoms with Crippen LogP contribution in [0.2, 0.25) is 10.0 Å². The number of imidazole rings is 1. The molecule has 1 heterocycles. The van der Waals surface area contributed by atoms with Crippen LogP contribution in [-0.4, -0.2) is 15.6 Å². The summed E-state index contributed by atoms with van der Waals surface area (Å²) < 4.78 is 2.21. The first-order valence-corrected chi connectivity index (χ1v) is 8.09. The summed E-state index contributed by atoms with van der Waals surface area (Å²) in [5.74, 6) is 0. The Hall–Kier alpha value is -1.03. The van der Waals surface area contributed by atoms with Crippen LogP contribution in [-0.2, 0) is 0 Å². The summed E-state index contributed by atoms with van der Waals surface area (Å²) in [5.41, 5.74) is 1.17. The highest BCUT2D eigenvalue weighted by Gasteiger charge is 2.29. The number of rotatable bonds is 4. The molecule has 112 valence electrons. The van der Waals surface area contributed by atoms with Crippen LogP contribution in [0.3, 0.4) is 0 Å². The number of nitrogens with zero attached hydrogens (tertiary/aromatic N) is 2. The predicted octanol–water partition coefficient (Wildman–Crippen LogP) is 4.63. The minimum Gasteiger partial charge on any atom is -0.333 e. The van der Waals surface area contributed by atoms with Crippen LogP contribution < -0.4 is 5.32 Å². The molecular weight excluding hydrogens is 305 g/mol. The minimum atomic E-state index is 0.244. The van der Waals surface area contributed by atoms with E-state index in [0.717, 1.165) is 0 Å². The number of hydrogen-bond acceptors (Lipinski definition) is 2. The van der Waals surface area contributed by atoms with Gasteiger partial charge in [-0.2, -0.15) is 0 Å². The monoisotopic (exact) mass is 323 g/mol. The second kappa shape index (κ2) is 6.39. The molecule has 5 heteroatoms. The summed E-state index contributed by atoms with van der Waals surface area (Å²) in [7, 11) is 0. The molecule has 3 rings (SSSR count). The quantitative estimate of drug-likeness (QED) is 0.888. The van der Waals surface area contributed by atoms with E-state index in [1.54, 1.807) is 0 Å². The van der Waals surface area contributed by atoms with E-state index in [1.807, 2.05) is 30.7 Å². The molecule has 1 saturated carbocycles. The summed E-state index contributed by atoms with van der Waals surface area (Å²) in [6, 6.07) is 7.03. The van der Waals surface area contributed by atoms with Crippen molar-refractivity contribution in [3.8, 4) is 0 Å². The molecule has 2 aromatic rings. The van der Waals surface area contributed by atoms with Crippen molar-refractivity contribution in [3.05, 3.63) is 52.5 Å². The second-order valence-corrected chi connectivity index (χ2v) is 6.49. The highest BCUT2D eigenvalue weighted by molar-refractivity contribution is 6.42. The number of benzene rings is 1. The molecule has 1 fully saturated rings. The molecule has 1 aliphatic rings. The van der Waals surface area contributed by atoms with Crippen molar-refractivity contribution in [1.29, 1.82) is 0 Å². The number of halogens is 2. The molecule has 3 nitrogen and oxygen atoms in total. The van der Waals surface area contributed by atoms with Crippen molar-refractivity contribution in [2.75, 3.05) is 0 Å². The van der Waals surface area contributed by atoms with Gasteiger partial charge in [-0.15, -0.1) is 0 Å². The van der Waals surface area contributed by atoms with E-state index in [0.29, 0.717) is 22.1 Å². The normalized spacial score (nSPS) is 23.4. The molecule has 21 heavy (non-hydrogen) atoms. The molecule has 0 saturated heterocycles. The molecule has 0 radical (unpaired) electrons. The van der Waals surface area contributed by atoms with Crippen LogP contribution in [0.25, 0.3) is 0 Å². The Balaban J connectivity index is 1.71. The van der Waals surface area contributed by atoms with E-state index in [1.165, 1.54) is 24.8 Å². The van der Waals surface area contributed by atoms with Gasteiger partial charge in [-0.3, -0.25) is 0 Å². The molecule has 1 aliphatic carbocycles. The lowest BCUT2D eigenvalue weighted by Crippen LogP contribution is -2.35. The fourth-order valence-electron chi connectivity index (χ4n) is 3.16. The summed E-state index contributed by atoms with van der Waals surface area (Å²) in [5, 5.41) is 4.94. The molecule has 1 aromatic carbocycles. The average Bonchev–Trinajstić information content (AvgIpc) is 3.12. The molecule has 0 aliphatic heterocycles. The maximum Gasteiger partial charge on any atom is 0.0949 e. The van der Waals surface area contributed by atoms with Crippen molar-refractivity contribution in [1.82, 2.24) is 14.9 Å². The largest absolute Gasteiger partial charge is 0.333 e. The Morgan fingerprint density at radius 1 is 1.29 bits per heavy atom. The van der Waals surface area contributed by atoms with Gasteiger partial charge >= 0.3 is 0 Å². The van der Waals surface area contributed by atoms with E-state index >= 15 is 0 Å². The highest BCUT2D eigenvalue weighted by atomic mass is 35.5. The Morgan fingerprint density at radius 3 is 2.86 bits per heavy atom. The molecule has 0 amide bonds. The SMILES string of the molecule is CC(NC1CCCC1n1ccnc1)c1ccc(Cl)c(Cl)c1. The summed E-state index contributed by atoms with van der Waals surface area (Å²) >= 11 is 12.1. The predicted molar refractivity (Wildman–Crippen MR) is 86.9 cm³/mol. The topological polar surface area (TPSA) is 29.9 Å². The van der Waals surface area contributed by atoms with Gasteiger partial charge in [0.1, 0.15) is 0 Å². The van der Waals surface area contributed by atoms with E-state index in [9.17, 15) is 0 Å². The van der Waals surface area contributed by atoms with Gasteiger partial charge in [-0.1, -0.05) is 29.3 Å². The third-order valence-corrected chi connectivity index (χ3v) is 5.03. The van der Waals surface area contributed by atoms with Gasteiger partial charge in [0.25, 0.3) is 0 Å². The van der Waals surface area contributed by atoms with E-state index in [4.69, 9.17) is 23.2 Å². The maximum absolute atomic E-state index is 6.11. The first-order chi connectivity index (χ1) is 10.1. The average molecular weight is 324 g/mol. The summed E-state index contributed by atoms with van der Waals surface area (Å²) in [6.07, 6.45) is 9.44. The van der Waals surface area contributed by atoms with Gasteiger partial charge in [-0.05, 0) is 43.9 Å². The van der Waals surface area contributed by atoms with Gasteiger partial charge in [-0.25, -0.2) is 4.98 Å². The van der Waals surface area contributed by atoms with Gasteiger partial charge < -0.3 is 9.88 Å². The molecule has 3 atom stereocenters.